The van der Waals surface area contributed by atoms with Crippen LogP contribution in [0.4, 0.5) is 13.2 Å². The van der Waals surface area contributed by atoms with Crippen LogP contribution >= 0.6 is 0 Å². The summed E-state index contributed by atoms with van der Waals surface area (Å²) in [5.41, 5.74) is 2.97. The van der Waals surface area contributed by atoms with E-state index in [9.17, 15) is 8.78 Å². The van der Waals surface area contributed by atoms with Crippen LogP contribution < -0.4 is 4.74 Å². The van der Waals surface area contributed by atoms with E-state index in [-0.39, 0.29) is 17.1 Å². The van der Waals surface area contributed by atoms with E-state index in [1.807, 2.05) is 12.1 Å². The van der Waals surface area contributed by atoms with Gasteiger partial charge in [0.2, 0.25) is 5.82 Å². The molecule has 0 heterocycles. The van der Waals surface area contributed by atoms with E-state index >= 15 is 4.39 Å². The van der Waals surface area contributed by atoms with Gasteiger partial charge in [0, 0.05) is 11.1 Å². The summed E-state index contributed by atoms with van der Waals surface area (Å²) >= 11 is 0. The zero-order valence-corrected chi connectivity index (χ0v) is 22.6. The molecule has 3 aromatic carbocycles. The third kappa shape index (κ3) is 6.89. The van der Waals surface area contributed by atoms with E-state index in [0.29, 0.717) is 35.1 Å². The first-order chi connectivity index (χ1) is 18.5. The SMILES string of the molecule is CCC/C=C/C1CCC(c2ccc(-c3ccc(-c4ccc(OCCCCC)c(F)c4F)cc3)c(F)c2)CC1. The lowest BCUT2D eigenvalue weighted by molar-refractivity contribution is 0.286. The van der Waals surface area contributed by atoms with E-state index in [1.54, 1.807) is 30.3 Å². The highest BCUT2D eigenvalue weighted by molar-refractivity contribution is 5.71. The Labute approximate surface area is 225 Å². The normalized spacial score (nSPS) is 17.7. The van der Waals surface area contributed by atoms with Gasteiger partial charge in [0.05, 0.1) is 6.61 Å². The van der Waals surface area contributed by atoms with Gasteiger partial charge in [0.25, 0.3) is 0 Å². The van der Waals surface area contributed by atoms with Crippen LogP contribution in [0.15, 0.2) is 66.7 Å². The molecule has 1 aliphatic carbocycles. The molecule has 1 aliphatic rings. The third-order valence-electron chi connectivity index (χ3n) is 7.66. The smallest absolute Gasteiger partial charge is 0.201 e. The number of benzene rings is 3. The molecule has 0 unspecified atom stereocenters. The summed E-state index contributed by atoms with van der Waals surface area (Å²) in [4.78, 5) is 0. The molecule has 0 bridgehead atoms. The van der Waals surface area contributed by atoms with Gasteiger partial charge < -0.3 is 4.74 Å². The zero-order valence-electron chi connectivity index (χ0n) is 22.6. The van der Waals surface area contributed by atoms with Crippen LogP contribution in [0.5, 0.6) is 5.75 Å². The summed E-state index contributed by atoms with van der Waals surface area (Å²) in [5, 5.41) is 0. The van der Waals surface area contributed by atoms with E-state index in [1.165, 1.54) is 18.6 Å². The molecule has 0 saturated heterocycles. The van der Waals surface area contributed by atoms with Crippen molar-refractivity contribution in [3.8, 4) is 28.0 Å². The molecule has 38 heavy (non-hydrogen) atoms. The first-order valence-corrected chi connectivity index (χ1v) is 14.2. The molecule has 0 radical (unpaired) electrons. The monoisotopic (exact) mass is 520 g/mol. The predicted octanol–water partition coefficient (Wildman–Crippen LogP) is 10.6. The van der Waals surface area contributed by atoms with E-state index in [4.69, 9.17) is 4.74 Å². The topological polar surface area (TPSA) is 9.23 Å². The lowest BCUT2D eigenvalue weighted by Crippen LogP contribution is -2.12. The molecule has 202 valence electrons. The van der Waals surface area contributed by atoms with Gasteiger partial charge in [-0.15, -0.1) is 0 Å². The first-order valence-electron chi connectivity index (χ1n) is 14.2. The Kier molecular flexibility index (Phi) is 10.1. The number of unbranched alkanes of at least 4 members (excludes halogenated alkanes) is 3. The summed E-state index contributed by atoms with van der Waals surface area (Å²) in [6.07, 6.45) is 14.3. The van der Waals surface area contributed by atoms with Crippen LogP contribution in [0.25, 0.3) is 22.3 Å². The van der Waals surface area contributed by atoms with Gasteiger partial charge in [-0.05, 0) is 85.3 Å². The molecule has 1 nitrogen and oxygen atoms in total. The van der Waals surface area contributed by atoms with E-state index < -0.39 is 11.6 Å². The fraction of sp³-hybridized carbons (Fsp3) is 0.412. The molecule has 0 aromatic heterocycles. The fourth-order valence-electron chi connectivity index (χ4n) is 5.35. The Hall–Kier alpha value is -3.01. The highest BCUT2D eigenvalue weighted by Crippen LogP contribution is 2.38. The molecular weight excluding hydrogens is 481 g/mol. The first kappa shape index (κ1) is 28.0. The summed E-state index contributed by atoms with van der Waals surface area (Å²) in [5.74, 6) is -1.18. The average molecular weight is 521 g/mol. The van der Waals surface area contributed by atoms with Gasteiger partial charge in [0.15, 0.2) is 11.6 Å². The second-order valence-electron chi connectivity index (χ2n) is 10.4. The van der Waals surface area contributed by atoms with Gasteiger partial charge in [-0.25, -0.2) is 8.78 Å². The predicted molar refractivity (Wildman–Crippen MR) is 151 cm³/mol. The maximum atomic E-state index is 15.2. The van der Waals surface area contributed by atoms with Crippen molar-refractivity contribution in [2.45, 2.75) is 77.6 Å². The number of allylic oxidation sites excluding steroid dienone is 2. The van der Waals surface area contributed by atoms with Gasteiger partial charge in [-0.2, -0.15) is 4.39 Å². The standard InChI is InChI=1S/C34H39F3O/c1-3-5-7-9-24-10-12-25(13-11-24)28-18-19-29(31(35)23-28)26-14-16-27(17-15-26)30-20-21-32(34(37)33(30)36)38-22-8-6-4-2/h7,9,14-21,23-25H,3-6,8,10-13,22H2,1-2H3/b9-7+. The lowest BCUT2D eigenvalue weighted by atomic mass is 9.78. The molecular formula is C34H39F3O. The van der Waals surface area contributed by atoms with Crippen LogP contribution in [0.3, 0.4) is 0 Å². The van der Waals surface area contributed by atoms with Crippen molar-refractivity contribution >= 4 is 0 Å². The Balaban J connectivity index is 1.42. The third-order valence-corrected chi connectivity index (χ3v) is 7.66. The highest BCUT2D eigenvalue weighted by atomic mass is 19.2. The van der Waals surface area contributed by atoms with Crippen molar-refractivity contribution in [2.24, 2.45) is 5.92 Å². The van der Waals surface area contributed by atoms with Crippen LogP contribution in [-0.4, -0.2) is 6.61 Å². The molecule has 0 N–H and O–H groups in total. The largest absolute Gasteiger partial charge is 0.490 e. The Morgan fingerprint density at radius 3 is 2.11 bits per heavy atom. The number of rotatable bonds is 11. The number of hydrogen-bond donors (Lipinski definition) is 0. The summed E-state index contributed by atoms with van der Waals surface area (Å²) in [6, 6.07) is 15.5. The summed E-state index contributed by atoms with van der Waals surface area (Å²) in [7, 11) is 0. The molecule has 4 heteroatoms. The maximum Gasteiger partial charge on any atom is 0.201 e. The molecule has 0 amide bonds. The molecule has 3 aromatic rings. The molecule has 1 saturated carbocycles. The van der Waals surface area contributed by atoms with Crippen LogP contribution in [0.2, 0.25) is 0 Å². The van der Waals surface area contributed by atoms with Crippen LogP contribution in [-0.2, 0) is 0 Å². The van der Waals surface area contributed by atoms with Crippen molar-refractivity contribution in [2.75, 3.05) is 6.61 Å². The second kappa shape index (κ2) is 13.7. The Morgan fingerprint density at radius 2 is 1.45 bits per heavy atom. The molecule has 0 atom stereocenters. The summed E-state index contributed by atoms with van der Waals surface area (Å²) in [6.45, 7) is 4.63. The fourth-order valence-corrected chi connectivity index (χ4v) is 5.35. The van der Waals surface area contributed by atoms with Gasteiger partial charge >= 0.3 is 0 Å². The number of ether oxygens (including phenoxy) is 1. The van der Waals surface area contributed by atoms with Gasteiger partial charge in [-0.1, -0.05) is 81.7 Å². The molecule has 1 fully saturated rings. The second-order valence-corrected chi connectivity index (χ2v) is 10.4. The quantitative estimate of drug-likeness (QED) is 0.180. The minimum absolute atomic E-state index is 0.0671. The van der Waals surface area contributed by atoms with Gasteiger partial charge in [0.1, 0.15) is 5.82 Å². The molecule has 4 rings (SSSR count). The van der Waals surface area contributed by atoms with Crippen molar-refractivity contribution in [1.29, 1.82) is 0 Å². The average Bonchev–Trinajstić information content (AvgIpc) is 2.94. The van der Waals surface area contributed by atoms with E-state index in [2.05, 4.69) is 26.0 Å². The van der Waals surface area contributed by atoms with Crippen molar-refractivity contribution in [3.05, 3.63) is 89.8 Å². The van der Waals surface area contributed by atoms with Crippen LogP contribution in [0.1, 0.15) is 83.1 Å². The molecule has 0 aliphatic heterocycles. The number of halogens is 3. The van der Waals surface area contributed by atoms with Crippen LogP contribution in [0, 0.1) is 23.4 Å². The van der Waals surface area contributed by atoms with Crippen molar-refractivity contribution < 1.29 is 17.9 Å². The van der Waals surface area contributed by atoms with Crippen molar-refractivity contribution in [3.63, 3.8) is 0 Å². The maximum absolute atomic E-state index is 15.2. The lowest BCUT2D eigenvalue weighted by Gasteiger charge is -2.27. The van der Waals surface area contributed by atoms with Gasteiger partial charge in [-0.3, -0.25) is 0 Å². The number of hydrogen-bond acceptors (Lipinski definition) is 1. The minimum atomic E-state index is -0.976. The molecule has 0 spiro atoms. The van der Waals surface area contributed by atoms with Crippen molar-refractivity contribution in [1.82, 2.24) is 0 Å². The zero-order chi connectivity index (χ0) is 26.9. The minimum Gasteiger partial charge on any atom is -0.490 e. The highest BCUT2D eigenvalue weighted by Gasteiger charge is 2.22. The summed E-state index contributed by atoms with van der Waals surface area (Å²) < 4.78 is 50.0. The van der Waals surface area contributed by atoms with E-state index in [0.717, 1.165) is 56.9 Å². The Bertz CT molecular complexity index is 1210. The Morgan fingerprint density at radius 1 is 0.763 bits per heavy atom.